The number of hydrogen-bond donors (Lipinski definition) is 1. The maximum Gasteiger partial charge on any atom is 0.241 e. The van der Waals surface area contributed by atoms with Gasteiger partial charge in [0.15, 0.2) is 0 Å². The third-order valence-corrected chi connectivity index (χ3v) is 4.12. The third kappa shape index (κ3) is 3.44. The van der Waals surface area contributed by atoms with Crippen molar-refractivity contribution in [1.82, 2.24) is 10.2 Å². The number of methoxy groups -OCH3 is 1. The zero-order valence-corrected chi connectivity index (χ0v) is 13.6. The number of hydrogen-bond acceptors (Lipinski definition) is 3. The summed E-state index contributed by atoms with van der Waals surface area (Å²) in [7, 11) is 1.69. The first-order valence-corrected chi connectivity index (χ1v) is 7.56. The molecule has 1 fully saturated rings. The molecule has 116 valence electrons. The fourth-order valence-electron chi connectivity index (χ4n) is 2.73. The molecular formula is C17H26N2O2. The molecule has 0 aromatic heterocycles. The smallest absolute Gasteiger partial charge is 0.241 e. The quantitative estimate of drug-likeness (QED) is 0.906. The first-order chi connectivity index (χ1) is 9.88. The SMILES string of the molecule is CCC1NC(c2cccc(C)c2)N(CC(C)(C)OC)C1=O. The lowest BCUT2D eigenvalue weighted by atomic mass is 10.1. The van der Waals surface area contributed by atoms with E-state index in [1.54, 1.807) is 7.11 Å². The molecule has 21 heavy (non-hydrogen) atoms. The van der Waals surface area contributed by atoms with Gasteiger partial charge in [0.1, 0.15) is 6.17 Å². The molecule has 0 spiro atoms. The fraction of sp³-hybridized carbons (Fsp3) is 0.588. The largest absolute Gasteiger partial charge is 0.377 e. The monoisotopic (exact) mass is 290 g/mol. The van der Waals surface area contributed by atoms with Crippen LogP contribution in [0.1, 0.15) is 44.5 Å². The molecule has 1 aliphatic heterocycles. The zero-order valence-electron chi connectivity index (χ0n) is 13.6. The number of carbonyl (C=O) groups excluding carboxylic acids is 1. The lowest BCUT2D eigenvalue weighted by Crippen LogP contribution is -2.43. The summed E-state index contributed by atoms with van der Waals surface area (Å²) < 4.78 is 5.50. The third-order valence-electron chi connectivity index (χ3n) is 4.12. The van der Waals surface area contributed by atoms with Crippen molar-refractivity contribution in [3.05, 3.63) is 35.4 Å². The van der Waals surface area contributed by atoms with Crippen LogP contribution in [0, 0.1) is 6.92 Å². The normalized spacial score (nSPS) is 22.9. The summed E-state index contributed by atoms with van der Waals surface area (Å²) in [5.41, 5.74) is 1.97. The maximum absolute atomic E-state index is 12.6. The minimum Gasteiger partial charge on any atom is -0.377 e. The van der Waals surface area contributed by atoms with Gasteiger partial charge in [-0.15, -0.1) is 0 Å². The standard InChI is InChI=1S/C17H26N2O2/c1-6-14-16(20)19(11-17(3,4)21-5)15(18-14)13-9-7-8-12(2)10-13/h7-10,14-15,18H,6,11H2,1-5H3. The number of aryl methyl sites for hydroxylation is 1. The molecule has 1 amide bonds. The summed E-state index contributed by atoms with van der Waals surface area (Å²) in [6.07, 6.45) is 0.724. The van der Waals surface area contributed by atoms with E-state index >= 15 is 0 Å². The molecule has 1 heterocycles. The maximum atomic E-state index is 12.6. The van der Waals surface area contributed by atoms with Crippen molar-refractivity contribution >= 4 is 5.91 Å². The Bertz CT molecular complexity index is 513. The number of rotatable bonds is 5. The minimum atomic E-state index is -0.359. The fourth-order valence-corrected chi connectivity index (χ4v) is 2.73. The first kappa shape index (κ1) is 16.0. The van der Waals surface area contributed by atoms with Crippen LogP contribution in [0.3, 0.4) is 0 Å². The van der Waals surface area contributed by atoms with E-state index in [0.717, 1.165) is 12.0 Å². The van der Waals surface area contributed by atoms with E-state index in [0.29, 0.717) is 6.54 Å². The number of nitrogens with one attached hydrogen (secondary N) is 1. The van der Waals surface area contributed by atoms with Gasteiger partial charge in [-0.3, -0.25) is 10.1 Å². The van der Waals surface area contributed by atoms with Crippen LogP contribution in [0.5, 0.6) is 0 Å². The van der Waals surface area contributed by atoms with E-state index in [1.165, 1.54) is 5.56 Å². The van der Waals surface area contributed by atoms with Gasteiger partial charge in [-0.25, -0.2) is 0 Å². The Hall–Kier alpha value is -1.39. The Morgan fingerprint density at radius 1 is 1.38 bits per heavy atom. The average Bonchev–Trinajstić information content (AvgIpc) is 2.75. The Labute approximate surface area is 127 Å². The van der Waals surface area contributed by atoms with Crippen LogP contribution in [-0.4, -0.2) is 36.1 Å². The molecule has 2 unspecified atom stereocenters. The van der Waals surface area contributed by atoms with Crippen molar-refractivity contribution in [2.75, 3.05) is 13.7 Å². The predicted molar refractivity (Wildman–Crippen MR) is 83.9 cm³/mol. The van der Waals surface area contributed by atoms with Crippen LogP contribution >= 0.6 is 0 Å². The second kappa shape index (κ2) is 6.16. The average molecular weight is 290 g/mol. The van der Waals surface area contributed by atoms with Crippen molar-refractivity contribution in [1.29, 1.82) is 0 Å². The summed E-state index contributed by atoms with van der Waals surface area (Å²) in [6.45, 7) is 8.69. The van der Waals surface area contributed by atoms with Gasteiger partial charge in [-0.05, 0) is 32.8 Å². The molecule has 1 aromatic carbocycles. The number of amides is 1. The Morgan fingerprint density at radius 2 is 2.10 bits per heavy atom. The molecule has 1 N–H and O–H groups in total. The van der Waals surface area contributed by atoms with Crippen LogP contribution < -0.4 is 5.32 Å². The second-order valence-electron chi connectivity index (χ2n) is 6.37. The predicted octanol–water partition coefficient (Wildman–Crippen LogP) is 2.63. The van der Waals surface area contributed by atoms with Crippen molar-refractivity contribution < 1.29 is 9.53 Å². The molecule has 0 aliphatic carbocycles. The highest BCUT2D eigenvalue weighted by molar-refractivity contribution is 5.84. The number of carbonyl (C=O) groups is 1. The molecule has 1 aromatic rings. The minimum absolute atomic E-state index is 0.0724. The van der Waals surface area contributed by atoms with Gasteiger partial charge in [-0.2, -0.15) is 0 Å². The molecule has 2 atom stereocenters. The lowest BCUT2D eigenvalue weighted by molar-refractivity contribution is -0.133. The topological polar surface area (TPSA) is 41.6 Å². The molecular weight excluding hydrogens is 264 g/mol. The molecule has 4 heteroatoms. The highest BCUT2D eigenvalue weighted by atomic mass is 16.5. The van der Waals surface area contributed by atoms with Crippen LogP contribution in [0.4, 0.5) is 0 Å². The molecule has 0 saturated carbocycles. The number of ether oxygens (including phenoxy) is 1. The van der Waals surface area contributed by atoms with Crippen molar-refractivity contribution in [2.24, 2.45) is 0 Å². The summed E-state index contributed by atoms with van der Waals surface area (Å²) >= 11 is 0. The second-order valence-corrected chi connectivity index (χ2v) is 6.37. The van der Waals surface area contributed by atoms with Gasteiger partial charge in [0.25, 0.3) is 0 Å². The Morgan fingerprint density at radius 3 is 2.67 bits per heavy atom. The summed E-state index contributed by atoms with van der Waals surface area (Å²) in [4.78, 5) is 14.5. The molecule has 0 radical (unpaired) electrons. The van der Waals surface area contributed by atoms with Gasteiger partial charge >= 0.3 is 0 Å². The lowest BCUT2D eigenvalue weighted by Gasteiger charge is -2.32. The van der Waals surface area contributed by atoms with Crippen LogP contribution in [-0.2, 0) is 9.53 Å². The molecule has 0 bridgehead atoms. The highest BCUT2D eigenvalue weighted by Gasteiger charge is 2.41. The summed E-state index contributed by atoms with van der Waals surface area (Å²) in [6, 6.07) is 8.21. The van der Waals surface area contributed by atoms with Crippen LogP contribution in [0.25, 0.3) is 0 Å². The van der Waals surface area contributed by atoms with Gasteiger partial charge in [0, 0.05) is 7.11 Å². The van der Waals surface area contributed by atoms with Crippen molar-refractivity contribution in [3.63, 3.8) is 0 Å². The highest BCUT2D eigenvalue weighted by Crippen LogP contribution is 2.29. The van der Waals surface area contributed by atoms with Crippen LogP contribution in [0.2, 0.25) is 0 Å². The van der Waals surface area contributed by atoms with Crippen molar-refractivity contribution in [2.45, 2.75) is 51.9 Å². The Kier molecular flexibility index (Phi) is 4.69. The van der Waals surface area contributed by atoms with Gasteiger partial charge in [0.05, 0.1) is 18.2 Å². The zero-order chi connectivity index (χ0) is 15.6. The number of benzene rings is 1. The van der Waals surface area contributed by atoms with Gasteiger partial charge in [-0.1, -0.05) is 36.8 Å². The number of nitrogens with zero attached hydrogens (tertiary/aromatic N) is 1. The van der Waals surface area contributed by atoms with E-state index in [4.69, 9.17) is 4.74 Å². The summed E-state index contributed by atoms with van der Waals surface area (Å²) in [5, 5.41) is 3.45. The van der Waals surface area contributed by atoms with E-state index in [-0.39, 0.29) is 23.7 Å². The van der Waals surface area contributed by atoms with E-state index < -0.39 is 0 Å². The molecule has 2 rings (SSSR count). The molecule has 1 saturated heterocycles. The van der Waals surface area contributed by atoms with Gasteiger partial charge < -0.3 is 9.64 Å². The molecule has 4 nitrogen and oxygen atoms in total. The van der Waals surface area contributed by atoms with E-state index in [9.17, 15) is 4.79 Å². The van der Waals surface area contributed by atoms with Crippen molar-refractivity contribution in [3.8, 4) is 0 Å². The van der Waals surface area contributed by atoms with Crippen LogP contribution in [0.15, 0.2) is 24.3 Å². The molecule has 1 aliphatic rings. The Balaban J connectivity index is 2.30. The van der Waals surface area contributed by atoms with E-state index in [2.05, 4.69) is 30.4 Å². The van der Waals surface area contributed by atoms with Gasteiger partial charge in [0.2, 0.25) is 5.91 Å². The first-order valence-electron chi connectivity index (χ1n) is 7.56. The van der Waals surface area contributed by atoms with E-state index in [1.807, 2.05) is 31.7 Å². The summed E-state index contributed by atoms with van der Waals surface area (Å²) in [5.74, 6) is 0.161.